The zero-order valence-corrected chi connectivity index (χ0v) is 10.2. The topological polar surface area (TPSA) is 82.4 Å². The number of furan rings is 1. The van der Waals surface area contributed by atoms with E-state index in [0.29, 0.717) is 5.76 Å². The van der Waals surface area contributed by atoms with E-state index < -0.39 is 17.8 Å². The smallest absolute Gasteiger partial charge is 0.224 e. The van der Waals surface area contributed by atoms with E-state index in [0.717, 1.165) is 6.42 Å². The maximum absolute atomic E-state index is 12.2. The summed E-state index contributed by atoms with van der Waals surface area (Å²) in [7, 11) is 0. The van der Waals surface area contributed by atoms with Gasteiger partial charge in [-0.1, -0.05) is 12.2 Å². The van der Waals surface area contributed by atoms with Crippen LogP contribution in [0.3, 0.4) is 0 Å². The first kappa shape index (κ1) is 12.0. The Bertz CT molecular complexity index is 520. The van der Waals surface area contributed by atoms with Crippen LogP contribution in [0, 0.1) is 23.7 Å². The maximum Gasteiger partial charge on any atom is 0.224 e. The lowest BCUT2D eigenvalue weighted by Crippen LogP contribution is -2.44. The molecule has 2 aliphatic rings. The minimum Gasteiger partial charge on any atom is -0.550 e. The average Bonchev–Trinajstić information content (AvgIpc) is 3.10. The summed E-state index contributed by atoms with van der Waals surface area (Å²) in [4.78, 5) is 23.4. The fourth-order valence-electron chi connectivity index (χ4n) is 3.21. The molecule has 1 N–H and O–H groups in total. The van der Waals surface area contributed by atoms with E-state index in [4.69, 9.17) is 4.42 Å². The lowest BCUT2D eigenvalue weighted by molar-refractivity contribution is -0.313. The van der Waals surface area contributed by atoms with E-state index in [9.17, 15) is 14.7 Å². The number of carbonyl (C=O) groups excluding carboxylic acids is 2. The molecule has 0 aromatic carbocycles. The predicted molar refractivity (Wildman–Crippen MR) is 63.3 cm³/mol. The fourth-order valence-corrected chi connectivity index (χ4v) is 3.21. The van der Waals surface area contributed by atoms with Crippen LogP contribution in [-0.2, 0) is 16.1 Å². The number of rotatable bonds is 4. The zero-order chi connectivity index (χ0) is 13.4. The Morgan fingerprint density at radius 1 is 1.32 bits per heavy atom. The van der Waals surface area contributed by atoms with Crippen LogP contribution in [0.4, 0.5) is 0 Å². The van der Waals surface area contributed by atoms with Crippen molar-refractivity contribution in [2.45, 2.75) is 13.0 Å². The monoisotopic (exact) mass is 260 g/mol. The Hall–Kier alpha value is -2.04. The van der Waals surface area contributed by atoms with Gasteiger partial charge in [0.25, 0.3) is 0 Å². The van der Waals surface area contributed by atoms with Gasteiger partial charge in [-0.05, 0) is 30.4 Å². The van der Waals surface area contributed by atoms with E-state index in [1.165, 1.54) is 6.26 Å². The van der Waals surface area contributed by atoms with Gasteiger partial charge in [0.2, 0.25) is 5.91 Å². The number of nitrogens with one attached hydrogen (secondary N) is 1. The molecule has 1 saturated carbocycles. The number of fused-ring (bicyclic) bond motifs is 2. The van der Waals surface area contributed by atoms with Crippen molar-refractivity contribution >= 4 is 11.9 Å². The fraction of sp³-hybridized carbons (Fsp3) is 0.429. The number of carboxylic acids is 1. The van der Waals surface area contributed by atoms with Gasteiger partial charge in [-0.3, -0.25) is 4.79 Å². The van der Waals surface area contributed by atoms with Crippen LogP contribution in [-0.4, -0.2) is 11.9 Å². The van der Waals surface area contributed by atoms with Gasteiger partial charge in [0.05, 0.1) is 18.7 Å². The third-order valence-electron chi connectivity index (χ3n) is 4.05. The summed E-state index contributed by atoms with van der Waals surface area (Å²) in [5.41, 5.74) is 0. The van der Waals surface area contributed by atoms with Crippen LogP contribution in [0.1, 0.15) is 12.2 Å². The van der Waals surface area contributed by atoms with Gasteiger partial charge in [-0.2, -0.15) is 0 Å². The Morgan fingerprint density at radius 3 is 2.68 bits per heavy atom. The number of hydrogen-bond donors (Lipinski definition) is 1. The molecule has 0 spiro atoms. The van der Waals surface area contributed by atoms with Crippen LogP contribution in [0.2, 0.25) is 0 Å². The van der Waals surface area contributed by atoms with Gasteiger partial charge in [0.1, 0.15) is 5.76 Å². The van der Waals surface area contributed by atoms with Crippen molar-refractivity contribution in [2.75, 3.05) is 0 Å². The molecule has 5 heteroatoms. The van der Waals surface area contributed by atoms with Gasteiger partial charge >= 0.3 is 0 Å². The molecule has 1 heterocycles. The lowest BCUT2D eigenvalue weighted by atomic mass is 9.82. The van der Waals surface area contributed by atoms with E-state index in [1.807, 2.05) is 12.2 Å². The molecule has 1 aromatic heterocycles. The molecule has 1 amide bonds. The van der Waals surface area contributed by atoms with E-state index in [2.05, 4.69) is 5.32 Å². The lowest BCUT2D eigenvalue weighted by Gasteiger charge is -2.27. The second-order valence-electron chi connectivity index (χ2n) is 5.12. The summed E-state index contributed by atoms with van der Waals surface area (Å²) in [6.07, 6.45) is 6.10. The first-order valence-electron chi connectivity index (χ1n) is 6.36. The van der Waals surface area contributed by atoms with Gasteiger partial charge < -0.3 is 19.6 Å². The first-order chi connectivity index (χ1) is 9.16. The molecule has 0 aliphatic heterocycles. The Balaban J connectivity index is 1.68. The standard InChI is InChI=1S/C14H15NO4/c16-13(15-7-10-2-1-5-19-10)11-8-3-4-9(6-8)12(11)14(17)18/h1-5,8-9,11-12H,6-7H2,(H,15,16)(H,17,18)/p-1/t8-,9+,11+,12+/m0/s1. The highest BCUT2D eigenvalue weighted by Gasteiger charge is 2.48. The molecule has 19 heavy (non-hydrogen) atoms. The molecule has 2 aliphatic carbocycles. The van der Waals surface area contributed by atoms with E-state index >= 15 is 0 Å². The van der Waals surface area contributed by atoms with Crippen molar-refractivity contribution in [3.63, 3.8) is 0 Å². The van der Waals surface area contributed by atoms with Crippen molar-refractivity contribution in [2.24, 2.45) is 23.7 Å². The first-order valence-corrected chi connectivity index (χ1v) is 6.36. The molecule has 1 aromatic rings. The van der Waals surface area contributed by atoms with Crippen LogP contribution < -0.4 is 10.4 Å². The number of aliphatic carboxylic acids is 1. The Kier molecular flexibility index (Phi) is 2.89. The van der Waals surface area contributed by atoms with Gasteiger partial charge in [0, 0.05) is 11.9 Å². The minimum absolute atomic E-state index is 0.0181. The van der Waals surface area contributed by atoms with Crippen LogP contribution in [0.15, 0.2) is 35.0 Å². The molecule has 0 saturated heterocycles. The van der Waals surface area contributed by atoms with Gasteiger partial charge in [-0.25, -0.2) is 0 Å². The second kappa shape index (κ2) is 4.57. The van der Waals surface area contributed by atoms with Gasteiger partial charge in [0.15, 0.2) is 0 Å². The Labute approximate surface area is 110 Å². The summed E-state index contributed by atoms with van der Waals surface area (Å²) in [5, 5.41) is 13.9. The van der Waals surface area contributed by atoms with Crippen LogP contribution in [0.25, 0.3) is 0 Å². The van der Waals surface area contributed by atoms with E-state index in [1.54, 1.807) is 12.1 Å². The molecule has 2 bridgehead atoms. The van der Waals surface area contributed by atoms with Crippen molar-refractivity contribution in [3.8, 4) is 0 Å². The highest BCUT2D eigenvalue weighted by Crippen LogP contribution is 2.47. The number of allylic oxidation sites excluding steroid dienone is 2. The maximum atomic E-state index is 12.2. The normalized spacial score (nSPS) is 31.6. The molecular weight excluding hydrogens is 246 g/mol. The Morgan fingerprint density at radius 2 is 2.05 bits per heavy atom. The highest BCUT2D eigenvalue weighted by molar-refractivity contribution is 5.86. The van der Waals surface area contributed by atoms with Crippen LogP contribution in [0.5, 0.6) is 0 Å². The molecule has 4 atom stereocenters. The zero-order valence-electron chi connectivity index (χ0n) is 10.2. The largest absolute Gasteiger partial charge is 0.550 e. The second-order valence-corrected chi connectivity index (χ2v) is 5.12. The quantitative estimate of drug-likeness (QED) is 0.777. The third kappa shape index (κ3) is 2.05. The van der Waals surface area contributed by atoms with Crippen LogP contribution >= 0.6 is 0 Å². The number of hydrogen-bond acceptors (Lipinski definition) is 4. The summed E-state index contributed by atoms with van der Waals surface area (Å²) >= 11 is 0. The molecule has 100 valence electrons. The molecule has 1 fully saturated rings. The summed E-state index contributed by atoms with van der Waals surface area (Å²) in [5.74, 6) is -1.98. The number of carboxylic acid groups (broad SMARTS) is 1. The van der Waals surface area contributed by atoms with E-state index in [-0.39, 0.29) is 24.3 Å². The molecule has 0 unspecified atom stereocenters. The number of carbonyl (C=O) groups is 2. The van der Waals surface area contributed by atoms with Crippen molar-refractivity contribution in [1.29, 1.82) is 0 Å². The molecule has 3 rings (SSSR count). The SMILES string of the molecule is O=C([O-])[C@H]1[C@H](C(=O)NCc2ccco2)[C@H]2C=C[C@@H]1C2. The molecule has 0 radical (unpaired) electrons. The minimum atomic E-state index is -1.13. The molecule has 5 nitrogen and oxygen atoms in total. The van der Waals surface area contributed by atoms with Crippen molar-refractivity contribution in [1.82, 2.24) is 5.32 Å². The predicted octanol–water partition coefficient (Wildman–Crippen LogP) is 0.0840. The van der Waals surface area contributed by atoms with Gasteiger partial charge in [-0.15, -0.1) is 0 Å². The summed E-state index contributed by atoms with van der Waals surface area (Å²) in [6, 6.07) is 3.50. The highest BCUT2D eigenvalue weighted by atomic mass is 16.4. The third-order valence-corrected chi connectivity index (χ3v) is 4.05. The summed E-state index contributed by atoms with van der Waals surface area (Å²) < 4.78 is 5.13. The number of amides is 1. The van der Waals surface area contributed by atoms with Crippen molar-refractivity contribution < 1.29 is 19.1 Å². The average molecular weight is 260 g/mol. The van der Waals surface area contributed by atoms with Crippen molar-refractivity contribution in [3.05, 3.63) is 36.3 Å². The summed E-state index contributed by atoms with van der Waals surface area (Å²) in [6.45, 7) is 0.281. The molecular formula is C14H14NO4-.